The number of benzene rings is 8. The topological polar surface area (TPSA) is 20.8 Å². The smallest absolute Gasteiger partial charge is 0.137 e. The summed E-state index contributed by atoms with van der Waals surface area (Å²) in [5.41, 5.74) is 8.72. The molecule has 0 amide bonds. The van der Waals surface area contributed by atoms with E-state index in [-0.39, 0.29) is 0 Å². The first-order chi connectivity index (χ1) is 23.3. The van der Waals surface area contributed by atoms with Crippen molar-refractivity contribution >= 4 is 98.6 Å². The lowest BCUT2D eigenvalue weighted by molar-refractivity contribution is 0.669. The lowest BCUT2D eigenvalue weighted by Crippen LogP contribution is -2.10. The zero-order valence-electron chi connectivity index (χ0n) is 25.3. The van der Waals surface area contributed by atoms with E-state index in [1.165, 1.54) is 59.6 Å². The van der Waals surface area contributed by atoms with Crippen molar-refractivity contribution in [3.8, 4) is 0 Å². The zero-order valence-corrected chi connectivity index (χ0v) is 25.3. The van der Waals surface area contributed by atoms with Gasteiger partial charge >= 0.3 is 0 Å². The highest BCUT2D eigenvalue weighted by Crippen LogP contribution is 2.49. The second-order valence-corrected chi connectivity index (χ2v) is 12.5. The number of hydrogen-bond donors (Lipinski definition) is 0. The molecule has 0 radical (unpaired) electrons. The van der Waals surface area contributed by atoms with Crippen LogP contribution in [0.1, 0.15) is 0 Å². The number of anilines is 3. The molecule has 3 heteroatoms. The molecular weight excluding hydrogens is 572 g/mol. The summed E-state index contributed by atoms with van der Waals surface area (Å²) in [5.74, 6) is 0. The molecule has 47 heavy (non-hydrogen) atoms. The molecule has 0 unspecified atom stereocenters. The van der Waals surface area contributed by atoms with Crippen molar-refractivity contribution in [1.82, 2.24) is 4.40 Å². The highest BCUT2D eigenvalue weighted by Gasteiger charge is 2.25. The number of rotatable bonds is 3. The SMILES string of the molecule is c1ccc(N(c2ccc3c(c2)oc2ccccc23)c2cc3ccc4cccc5c6ccccc6n6c7ccccc7c2c6c3c45)cc1. The molecule has 8 aromatic carbocycles. The van der Waals surface area contributed by atoms with Gasteiger partial charge in [0.1, 0.15) is 11.2 Å². The van der Waals surface area contributed by atoms with Crippen molar-refractivity contribution in [3.63, 3.8) is 0 Å². The summed E-state index contributed by atoms with van der Waals surface area (Å²) in [4.78, 5) is 2.41. The lowest BCUT2D eigenvalue weighted by atomic mass is 9.95. The Hall–Kier alpha value is -6.32. The quantitative estimate of drug-likeness (QED) is 0.189. The van der Waals surface area contributed by atoms with Gasteiger partial charge in [0.25, 0.3) is 0 Å². The van der Waals surface area contributed by atoms with Gasteiger partial charge in [-0.05, 0) is 70.1 Å². The molecule has 0 N–H and O–H groups in total. The summed E-state index contributed by atoms with van der Waals surface area (Å²) in [6.07, 6.45) is 0. The predicted molar refractivity (Wildman–Crippen MR) is 198 cm³/mol. The number of furan rings is 1. The molecule has 3 heterocycles. The number of hydrogen-bond acceptors (Lipinski definition) is 2. The van der Waals surface area contributed by atoms with E-state index in [0.717, 1.165) is 39.0 Å². The van der Waals surface area contributed by atoms with E-state index < -0.39 is 0 Å². The molecule has 0 saturated heterocycles. The van der Waals surface area contributed by atoms with Gasteiger partial charge in [-0.2, -0.15) is 0 Å². The minimum Gasteiger partial charge on any atom is -0.456 e. The van der Waals surface area contributed by atoms with Crippen LogP contribution in [0.15, 0.2) is 162 Å². The molecule has 3 aromatic heterocycles. The van der Waals surface area contributed by atoms with Gasteiger partial charge in [-0.3, -0.25) is 0 Å². The molecule has 11 rings (SSSR count). The van der Waals surface area contributed by atoms with Crippen LogP contribution in [0.2, 0.25) is 0 Å². The molecule has 0 aliphatic heterocycles. The Balaban J connectivity index is 1.36. The van der Waals surface area contributed by atoms with Gasteiger partial charge in [0.2, 0.25) is 0 Å². The molecule has 0 fully saturated rings. The fourth-order valence-electron chi connectivity index (χ4n) is 8.13. The van der Waals surface area contributed by atoms with Gasteiger partial charge < -0.3 is 13.7 Å². The minimum atomic E-state index is 0.881. The largest absolute Gasteiger partial charge is 0.456 e. The Morgan fingerprint density at radius 1 is 0.404 bits per heavy atom. The average molecular weight is 599 g/mol. The third-order valence-corrected chi connectivity index (χ3v) is 10.0. The molecule has 0 aliphatic carbocycles. The molecule has 0 saturated carbocycles. The van der Waals surface area contributed by atoms with Crippen molar-refractivity contribution in [3.05, 3.63) is 158 Å². The Morgan fingerprint density at radius 2 is 1.09 bits per heavy atom. The highest BCUT2D eigenvalue weighted by molar-refractivity contribution is 6.35. The molecule has 3 nitrogen and oxygen atoms in total. The zero-order chi connectivity index (χ0) is 30.6. The van der Waals surface area contributed by atoms with E-state index in [4.69, 9.17) is 4.42 Å². The average Bonchev–Trinajstić information content (AvgIpc) is 3.63. The van der Waals surface area contributed by atoms with Crippen LogP contribution in [0.4, 0.5) is 17.1 Å². The van der Waals surface area contributed by atoms with Gasteiger partial charge in [-0.1, -0.05) is 103 Å². The third kappa shape index (κ3) is 3.30. The number of nitrogens with zero attached hydrogens (tertiary/aromatic N) is 2. The number of fused-ring (bicyclic) bond motifs is 9. The van der Waals surface area contributed by atoms with E-state index in [1.807, 2.05) is 12.1 Å². The van der Waals surface area contributed by atoms with E-state index in [1.54, 1.807) is 0 Å². The van der Waals surface area contributed by atoms with Gasteiger partial charge in [0.15, 0.2) is 0 Å². The van der Waals surface area contributed by atoms with Crippen LogP contribution in [-0.4, -0.2) is 4.40 Å². The van der Waals surface area contributed by atoms with Crippen LogP contribution in [-0.2, 0) is 0 Å². The van der Waals surface area contributed by atoms with E-state index in [0.29, 0.717) is 0 Å². The van der Waals surface area contributed by atoms with Crippen molar-refractivity contribution in [2.75, 3.05) is 4.90 Å². The Bertz CT molecular complexity index is 3020. The van der Waals surface area contributed by atoms with Gasteiger partial charge in [0.05, 0.1) is 22.2 Å². The van der Waals surface area contributed by atoms with Crippen molar-refractivity contribution in [2.45, 2.75) is 0 Å². The second-order valence-electron chi connectivity index (χ2n) is 12.5. The molecule has 0 atom stereocenters. The maximum atomic E-state index is 6.43. The van der Waals surface area contributed by atoms with Gasteiger partial charge in [-0.15, -0.1) is 0 Å². The minimum absolute atomic E-state index is 0.881. The molecule has 218 valence electrons. The van der Waals surface area contributed by atoms with Crippen LogP contribution < -0.4 is 4.90 Å². The highest BCUT2D eigenvalue weighted by atomic mass is 16.3. The van der Waals surface area contributed by atoms with Crippen LogP contribution in [0.5, 0.6) is 0 Å². The Kier molecular flexibility index (Phi) is 4.84. The third-order valence-electron chi connectivity index (χ3n) is 10.0. The number of para-hydroxylation sites is 4. The summed E-state index contributed by atoms with van der Waals surface area (Å²) in [6, 6.07) is 57.1. The summed E-state index contributed by atoms with van der Waals surface area (Å²) < 4.78 is 8.94. The summed E-state index contributed by atoms with van der Waals surface area (Å²) >= 11 is 0. The van der Waals surface area contributed by atoms with Crippen LogP contribution in [0.25, 0.3) is 81.6 Å². The Labute approximate surface area is 269 Å². The van der Waals surface area contributed by atoms with Crippen LogP contribution >= 0.6 is 0 Å². The fraction of sp³-hybridized carbons (Fsp3) is 0. The monoisotopic (exact) mass is 598 g/mol. The first-order valence-electron chi connectivity index (χ1n) is 16.1. The second kappa shape index (κ2) is 9.12. The molecule has 0 aliphatic rings. The van der Waals surface area contributed by atoms with Crippen molar-refractivity contribution in [2.24, 2.45) is 0 Å². The summed E-state index contributed by atoms with van der Waals surface area (Å²) in [6.45, 7) is 0. The van der Waals surface area contributed by atoms with E-state index in [2.05, 4.69) is 155 Å². The first-order valence-corrected chi connectivity index (χ1v) is 16.1. The Morgan fingerprint density at radius 3 is 1.96 bits per heavy atom. The van der Waals surface area contributed by atoms with E-state index >= 15 is 0 Å². The maximum absolute atomic E-state index is 6.43. The molecule has 0 bridgehead atoms. The fourth-order valence-corrected chi connectivity index (χ4v) is 8.13. The summed E-state index contributed by atoms with van der Waals surface area (Å²) in [5, 5.41) is 12.3. The number of aromatic nitrogens is 1. The molecule has 11 aromatic rings. The predicted octanol–water partition coefficient (Wildman–Crippen LogP) is 12.5. The first kappa shape index (κ1) is 24.9. The van der Waals surface area contributed by atoms with E-state index in [9.17, 15) is 0 Å². The normalized spacial score (nSPS) is 12.3. The van der Waals surface area contributed by atoms with Crippen LogP contribution in [0, 0.1) is 0 Å². The van der Waals surface area contributed by atoms with Crippen molar-refractivity contribution < 1.29 is 4.42 Å². The molecule has 0 spiro atoms. The summed E-state index contributed by atoms with van der Waals surface area (Å²) in [7, 11) is 0. The van der Waals surface area contributed by atoms with Gasteiger partial charge in [0, 0.05) is 49.8 Å². The van der Waals surface area contributed by atoms with Crippen molar-refractivity contribution in [1.29, 1.82) is 0 Å². The standard InChI is InChI=1S/C44H26N2O/c1-2-12-29(13-3-1)45(30-23-24-33-32-15-6-9-20-39(32)47-40(33)26-30)38-25-28-22-21-27-11-10-17-34-31-14-4-7-18-36(31)46-37-19-8-5-16-35(37)43(38)44(46)42(28)41(27)34/h1-26H. The maximum Gasteiger partial charge on any atom is 0.137 e. The van der Waals surface area contributed by atoms with Crippen LogP contribution in [0.3, 0.4) is 0 Å². The van der Waals surface area contributed by atoms with Gasteiger partial charge in [-0.25, -0.2) is 0 Å². The molecular formula is C44H26N2O. The lowest BCUT2D eigenvalue weighted by Gasteiger charge is -2.27.